The number of anilines is 1. The van der Waals surface area contributed by atoms with E-state index in [1.807, 2.05) is 6.92 Å². The van der Waals surface area contributed by atoms with Crippen molar-refractivity contribution in [1.29, 1.82) is 0 Å². The summed E-state index contributed by atoms with van der Waals surface area (Å²) in [7, 11) is 3.10. The lowest BCUT2D eigenvalue weighted by atomic mass is 10.1. The molecule has 0 saturated carbocycles. The van der Waals surface area contributed by atoms with Crippen molar-refractivity contribution < 1.29 is 23.9 Å². The molecule has 2 aromatic rings. The Labute approximate surface area is 182 Å². The summed E-state index contributed by atoms with van der Waals surface area (Å²) in [5.41, 5.74) is 1.92. The minimum Gasteiger partial charge on any atom is -0.493 e. The quantitative estimate of drug-likeness (QED) is 0.478. The number of hydrogen-bond acceptors (Lipinski definition) is 5. The lowest BCUT2D eigenvalue weighted by Crippen LogP contribution is -2.35. The Morgan fingerprint density at radius 1 is 0.839 bits per heavy atom. The van der Waals surface area contributed by atoms with Crippen LogP contribution < -0.4 is 25.4 Å². The van der Waals surface area contributed by atoms with Gasteiger partial charge < -0.3 is 25.4 Å². The number of benzene rings is 2. The molecule has 0 aliphatic heterocycles. The highest BCUT2D eigenvalue weighted by Gasteiger charge is 2.09. The minimum atomic E-state index is -0.249. The molecule has 31 heavy (non-hydrogen) atoms. The summed E-state index contributed by atoms with van der Waals surface area (Å²) in [6, 6.07) is 12.0. The number of methoxy groups -OCH3 is 2. The van der Waals surface area contributed by atoms with Crippen LogP contribution >= 0.6 is 0 Å². The van der Waals surface area contributed by atoms with E-state index in [1.165, 1.54) is 0 Å². The molecule has 2 aromatic carbocycles. The number of carbonyl (C=O) groups is 3. The lowest BCUT2D eigenvalue weighted by molar-refractivity contribution is -0.120. The molecule has 2 rings (SSSR count). The summed E-state index contributed by atoms with van der Waals surface area (Å²) in [4.78, 5) is 35.9. The second kappa shape index (κ2) is 12.2. The second-order valence-corrected chi connectivity index (χ2v) is 6.85. The number of ether oxygens (including phenoxy) is 2. The predicted molar refractivity (Wildman–Crippen MR) is 119 cm³/mol. The summed E-state index contributed by atoms with van der Waals surface area (Å²) in [6.45, 7) is 2.54. The molecule has 0 aromatic heterocycles. The fourth-order valence-corrected chi connectivity index (χ4v) is 2.87. The van der Waals surface area contributed by atoms with Crippen LogP contribution in [0.1, 0.15) is 35.7 Å². The molecule has 3 amide bonds. The molecule has 0 aliphatic rings. The van der Waals surface area contributed by atoms with Crippen LogP contribution in [-0.2, 0) is 16.0 Å². The van der Waals surface area contributed by atoms with Crippen molar-refractivity contribution in [3.8, 4) is 11.5 Å². The molecule has 0 bridgehead atoms. The zero-order chi connectivity index (χ0) is 22.6. The fraction of sp³-hybridized carbons (Fsp3) is 0.348. The van der Waals surface area contributed by atoms with Gasteiger partial charge in [-0.1, -0.05) is 13.0 Å². The highest BCUT2D eigenvalue weighted by atomic mass is 16.5. The largest absolute Gasteiger partial charge is 0.493 e. The van der Waals surface area contributed by atoms with Crippen molar-refractivity contribution in [2.24, 2.45) is 0 Å². The standard InChI is InChI=1S/C23H29N3O5/c1-4-5-21(27)26-18-9-7-17(8-10-18)23(29)25-13-12-24-22(28)15-16-6-11-19(30-2)20(14-16)31-3/h6-11,14H,4-5,12-13,15H2,1-3H3,(H,24,28)(H,25,29)(H,26,27). The number of nitrogens with one attached hydrogen (secondary N) is 3. The highest BCUT2D eigenvalue weighted by molar-refractivity contribution is 5.95. The van der Waals surface area contributed by atoms with E-state index in [2.05, 4.69) is 16.0 Å². The first-order chi connectivity index (χ1) is 15.0. The van der Waals surface area contributed by atoms with Gasteiger partial charge in [0, 0.05) is 30.8 Å². The van der Waals surface area contributed by atoms with Crippen molar-refractivity contribution in [2.45, 2.75) is 26.2 Å². The van der Waals surface area contributed by atoms with Gasteiger partial charge in [0.05, 0.1) is 20.6 Å². The maximum Gasteiger partial charge on any atom is 0.251 e. The van der Waals surface area contributed by atoms with E-state index in [-0.39, 0.29) is 24.1 Å². The van der Waals surface area contributed by atoms with E-state index in [0.717, 1.165) is 12.0 Å². The summed E-state index contributed by atoms with van der Waals surface area (Å²) >= 11 is 0. The van der Waals surface area contributed by atoms with Gasteiger partial charge in [-0.25, -0.2) is 0 Å². The third-order valence-corrected chi connectivity index (χ3v) is 4.45. The number of amides is 3. The average Bonchev–Trinajstić information content (AvgIpc) is 2.77. The Bertz CT molecular complexity index is 897. The minimum absolute atomic E-state index is 0.0523. The molecular formula is C23H29N3O5. The second-order valence-electron chi connectivity index (χ2n) is 6.85. The van der Waals surface area contributed by atoms with Gasteiger partial charge in [-0.3, -0.25) is 14.4 Å². The fourth-order valence-electron chi connectivity index (χ4n) is 2.87. The van der Waals surface area contributed by atoms with E-state index in [9.17, 15) is 14.4 Å². The molecule has 0 aliphatic carbocycles. The summed E-state index contributed by atoms with van der Waals surface area (Å²) in [5.74, 6) is 0.708. The van der Waals surface area contributed by atoms with Crippen LogP contribution in [0.15, 0.2) is 42.5 Å². The van der Waals surface area contributed by atoms with E-state index < -0.39 is 0 Å². The predicted octanol–water partition coefficient (Wildman–Crippen LogP) is 2.53. The molecule has 3 N–H and O–H groups in total. The van der Waals surface area contributed by atoms with Crippen LogP contribution in [-0.4, -0.2) is 45.0 Å². The third kappa shape index (κ3) is 7.65. The number of hydrogen-bond donors (Lipinski definition) is 3. The SMILES string of the molecule is CCCC(=O)Nc1ccc(C(=O)NCCNC(=O)Cc2ccc(OC)c(OC)c2)cc1. The smallest absolute Gasteiger partial charge is 0.251 e. The molecule has 0 spiro atoms. The van der Waals surface area contributed by atoms with Gasteiger partial charge in [0.1, 0.15) is 0 Å². The van der Waals surface area contributed by atoms with Gasteiger partial charge in [0.15, 0.2) is 11.5 Å². The van der Waals surface area contributed by atoms with Gasteiger partial charge in [0.2, 0.25) is 11.8 Å². The van der Waals surface area contributed by atoms with Crippen molar-refractivity contribution in [3.05, 3.63) is 53.6 Å². The van der Waals surface area contributed by atoms with Gasteiger partial charge in [-0.15, -0.1) is 0 Å². The molecule has 0 heterocycles. The zero-order valence-corrected chi connectivity index (χ0v) is 18.1. The molecule has 8 nitrogen and oxygen atoms in total. The summed E-state index contributed by atoms with van der Waals surface area (Å²) < 4.78 is 10.4. The van der Waals surface area contributed by atoms with Gasteiger partial charge in [-0.05, 0) is 48.4 Å². The molecule has 0 saturated heterocycles. The Balaban J connectivity index is 1.73. The maximum absolute atomic E-state index is 12.2. The lowest BCUT2D eigenvalue weighted by Gasteiger charge is -2.10. The average molecular weight is 428 g/mol. The van der Waals surface area contributed by atoms with Gasteiger partial charge >= 0.3 is 0 Å². The van der Waals surface area contributed by atoms with Crippen LogP contribution in [0.5, 0.6) is 11.5 Å². The molecule has 0 atom stereocenters. The van der Waals surface area contributed by atoms with Crippen molar-refractivity contribution in [1.82, 2.24) is 10.6 Å². The van der Waals surface area contributed by atoms with Crippen LogP contribution in [0.2, 0.25) is 0 Å². The molecule has 0 unspecified atom stereocenters. The van der Waals surface area contributed by atoms with Crippen LogP contribution in [0.3, 0.4) is 0 Å². The normalized spacial score (nSPS) is 10.2. The monoisotopic (exact) mass is 427 g/mol. The van der Waals surface area contributed by atoms with E-state index in [1.54, 1.807) is 56.7 Å². The molecular weight excluding hydrogens is 398 g/mol. The van der Waals surface area contributed by atoms with Gasteiger partial charge in [-0.2, -0.15) is 0 Å². The Morgan fingerprint density at radius 3 is 2.16 bits per heavy atom. The molecule has 0 fully saturated rings. The Hall–Kier alpha value is -3.55. The van der Waals surface area contributed by atoms with E-state index >= 15 is 0 Å². The highest BCUT2D eigenvalue weighted by Crippen LogP contribution is 2.27. The van der Waals surface area contributed by atoms with Crippen molar-refractivity contribution >= 4 is 23.4 Å². The topological polar surface area (TPSA) is 106 Å². The first-order valence-electron chi connectivity index (χ1n) is 10.1. The van der Waals surface area contributed by atoms with Crippen molar-refractivity contribution in [3.63, 3.8) is 0 Å². The Kier molecular flexibility index (Phi) is 9.35. The van der Waals surface area contributed by atoms with E-state index in [4.69, 9.17) is 9.47 Å². The number of rotatable bonds is 11. The summed E-state index contributed by atoms with van der Waals surface area (Å²) in [5, 5.41) is 8.30. The number of carbonyl (C=O) groups excluding carboxylic acids is 3. The van der Waals surface area contributed by atoms with Crippen LogP contribution in [0.4, 0.5) is 5.69 Å². The molecule has 8 heteroatoms. The molecule has 166 valence electrons. The zero-order valence-electron chi connectivity index (χ0n) is 18.1. The maximum atomic E-state index is 12.2. The first kappa shape index (κ1) is 23.7. The summed E-state index contributed by atoms with van der Waals surface area (Å²) in [6.07, 6.45) is 1.43. The molecule has 0 radical (unpaired) electrons. The van der Waals surface area contributed by atoms with E-state index in [0.29, 0.717) is 42.3 Å². The van der Waals surface area contributed by atoms with Crippen LogP contribution in [0.25, 0.3) is 0 Å². The van der Waals surface area contributed by atoms with Gasteiger partial charge in [0.25, 0.3) is 5.91 Å². The third-order valence-electron chi connectivity index (χ3n) is 4.45. The van der Waals surface area contributed by atoms with Crippen molar-refractivity contribution in [2.75, 3.05) is 32.6 Å². The van der Waals surface area contributed by atoms with Crippen LogP contribution in [0, 0.1) is 0 Å². The first-order valence-corrected chi connectivity index (χ1v) is 10.1. The Morgan fingerprint density at radius 2 is 1.52 bits per heavy atom.